The molecule has 0 spiro atoms. The molecule has 1 atom stereocenters. The Kier molecular flexibility index (Phi) is 6.86. The van der Waals surface area contributed by atoms with E-state index in [0.29, 0.717) is 29.4 Å². The average molecular weight is 521 g/mol. The fourth-order valence-electron chi connectivity index (χ4n) is 3.67. The van der Waals surface area contributed by atoms with E-state index in [1.807, 2.05) is 42.5 Å². The Morgan fingerprint density at radius 1 is 1.03 bits per heavy atom. The lowest BCUT2D eigenvalue weighted by molar-refractivity contribution is -0.137. The van der Waals surface area contributed by atoms with Gasteiger partial charge in [-0.15, -0.1) is 4.40 Å². The van der Waals surface area contributed by atoms with Gasteiger partial charge in [0.05, 0.1) is 22.7 Å². The molecule has 1 heterocycles. The van der Waals surface area contributed by atoms with Crippen LogP contribution >= 0.6 is 11.6 Å². The Balaban J connectivity index is 1.70. The molecular formula is C24H20ClF3N4O2S. The summed E-state index contributed by atoms with van der Waals surface area (Å²) in [5.74, 6) is -0.250. The molecule has 0 radical (unpaired) electrons. The first kappa shape index (κ1) is 24.7. The number of rotatable bonds is 4. The molecule has 182 valence electrons. The normalized spacial score (nSPS) is 16.8. The SMILES string of the molecule is CN/C(=N\S(=O)(=O)c1ccc(C(F)(F)F)cc1)N1C[C@@H](c2ccccc2)C(c2ccc(Cl)cc2)=N1. The zero-order valence-corrected chi connectivity index (χ0v) is 19.9. The van der Waals surface area contributed by atoms with Gasteiger partial charge >= 0.3 is 6.18 Å². The monoisotopic (exact) mass is 520 g/mol. The maximum atomic E-state index is 12.9. The van der Waals surface area contributed by atoms with Gasteiger partial charge in [0.15, 0.2) is 0 Å². The summed E-state index contributed by atoms with van der Waals surface area (Å²) >= 11 is 6.03. The van der Waals surface area contributed by atoms with Crippen molar-refractivity contribution in [3.05, 3.63) is 101 Å². The Hall–Kier alpha value is -3.37. The minimum Gasteiger partial charge on any atom is -0.357 e. The molecule has 35 heavy (non-hydrogen) atoms. The van der Waals surface area contributed by atoms with Crippen molar-refractivity contribution in [2.24, 2.45) is 9.50 Å². The molecule has 0 bridgehead atoms. The van der Waals surface area contributed by atoms with Crippen LogP contribution in [0.2, 0.25) is 5.02 Å². The molecule has 0 saturated heterocycles. The zero-order valence-electron chi connectivity index (χ0n) is 18.4. The Morgan fingerprint density at radius 3 is 2.23 bits per heavy atom. The predicted molar refractivity (Wildman–Crippen MR) is 129 cm³/mol. The standard InChI is InChI=1S/C24H20ClF3N4O2S/c1-29-23(31-35(33,34)20-13-9-18(10-14-20)24(26,27)28)32-15-21(16-5-3-2-4-6-16)22(30-32)17-7-11-19(25)12-8-17/h2-14,21H,15H2,1H3,(H,29,31)/t21-/m0/s1. The van der Waals surface area contributed by atoms with Gasteiger partial charge in [0, 0.05) is 18.0 Å². The minimum atomic E-state index is -4.57. The smallest absolute Gasteiger partial charge is 0.357 e. The Bertz CT molecular complexity index is 1360. The first-order chi connectivity index (χ1) is 16.6. The third kappa shape index (κ3) is 5.49. The van der Waals surface area contributed by atoms with E-state index in [1.165, 1.54) is 12.1 Å². The van der Waals surface area contributed by atoms with Crippen LogP contribution in [0, 0.1) is 0 Å². The molecule has 1 aliphatic rings. The fraction of sp³-hybridized carbons (Fsp3) is 0.167. The van der Waals surface area contributed by atoms with Crippen molar-refractivity contribution in [2.75, 3.05) is 13.6 Å². The molecule has 0 aliphatic carbocycles. The van der Waals surface area contributed by atoms with Gasteiger partial charge in [0.25, 0.3) is 10.0 Å². The molecule has 0 unspecified atom stereocenters. The van der Waals surface area contributed by atoms with Crippen molar-refractivity contribution in [3.63, 3.8) is 0 Å². The van der Waals surface area contributed by atoms with Gasteiger partial charge in [-0.1, -0.05) is 54.1 Å². The number of hydrogen-bond acceptors (Lipinski definition) is 3. The summed E-state index contributed by atoms with van der Waals surface area (Å²) in [5, 5.41) is 9.39. The Labute approximate surface area is 205 Å². The van der Waals surface area contributed by atoms with Crippen LogP contribution in [-0.2, 0) is 16.2 Å². The van der Waals surface area contributed by atoms with Crippen molar-refractivity contribution in [2.45, 2.75) is 17.0 Å². The maximum Gasteiger partial charge on any atom is 0.416 e. The van der Waals surface area contributed by atoms with E-state index in [1.54, 1.807) is 12.1 Å². The first-order valence-corrected chi connectivity index (χ1v) is 12.3. The Morgan fingerprint density at radius 2 is 1.66 bits per heavy atom. The van der Waals surface area contributed by atoms with Crippen LogP contribution in [0.1, 0.15) is 22.6 Å². The van der Waals surface area contributed by atoms with E-state index in [4.69, 9.17) is 11.6 Å². The number of guanidine groups is 1. The summed E-state index contributed by atoms with van der Waals surface area (Å²) in [6, 6.07) is 19.9. The van der Waals surface area contributed by atoms with Gasteiger partial charge in [-0.3, -0.25) is 0 Å². The van der Waals surface area contributed by atoms with Crippen LogP contribution in [0.3, 0.4) is 0 Å². The molecule has 3 aromatic rings. The van der Waals surface area contributed by atoms with Crippen LogP contribution < -0.4 is 5.32 Å². The third-order valence-corrected chi connectivity index (χ3v) is 6.94. The highest BCUT2D eigenvalue weighted by Crippen LogP contribution is 2.31. The second-order valence-corrected chi connectivity index (χ2v) is 9.74. The number of nitrogens with zero attached hydrogens (tertiary/aromatic N) is 3. The maximum absolute atomic E-state index is 12.9. The third-order valence-electron chi connectivity index (χ3n) is 5.41. The molecule has 1 N–H and O–H groups in total. The number of alkyl halides is 3. The molecule has 0 amide bonds. The summed E-state index contributed by atoms with van der Waals surface area (Å²) in [6.07, 6.45) is -4.57. The van der Waals surface area contributed by atoms with Crippen LogP contribution in [-0.4, -0.2) is 38.7 Å². The first-order valence-electron chi connectivity index (χ1n) is 10.5. The van der Waals surface area contributed by atoms with Crippen molar-refractivity contribution in [1.82, 2.24) is 10.3 Å². The second kappa shape index (κ2) is 9.71. The van der Waals surface area contributed by atoms with Crippen LogP contribution in [0.15, 0.2) is 93.3 Å². The number of nitrogens with one attached hydrogen (secondary N) is 1. The molecule has 1 aliphatic heterocycles. The van der Waals surface area contributed by atoms with Gasteiger partial charge < -0.3 is 5.32 Å². The molecule has 0 aromatic heterocycles. The predicted octanol–water partition coefficient (Wildman–Crippen LogP) is 5.13. The van der Waals surface area contributed by atoms with Crippen molar-refractivity contribution in [1.29, 1.82) is 0 Å². The molecule has 4 rings (SSSR count). The number of benzene rings is 3. The number of hydrogen-bond donors (Lipinski definition) is 1. The molecule has 3 aromatic carbocycles. The van der Waals surface area contributed by atoms with E-state index in [0.717, 1.165) is 23.3 Å². The highest BCUT2D eigenvalue weighted by Gasteiger charge is 2.33. The van der Waals surface area contributed by atoms with Crippen LogP contribution in [0.4, 0.5) is 13.2 Å². The lowest BCUT2D eigenvalue weighted by atomic mass is 9.91. The summed E-state index contributed by atoms with van der Waals surface area (Å²) in [7, 11) is -2.82. The van der Waals surface area contributed by atoms with E-state index in [-0.39, 0.29) is 16.8 Å². The quantitative estimate of drug-likeness (QED) is 0.382. The molecule has 11 heteroatoms. The number of hydrazone groups is 1. The van der Waals surface area contributed by atoms with Gasteiger partial charge in [-0.05, 0) is 47.5 Å². The molecular weight excluding hydrogens is 501 g/mol. The molecule has 0 saturated carbocycles. The molecule has 6 nitrogen and oxygen atoms in total. The highest BCUT2D eigenvalue weighted by atomic mass is 35.5. The zero-order chi connectivity index (χ0) is 25.2. The van der Waals surface area contributed by atoms with E-state index in [2.05, 4.69) is 14.8 Å². The van der Waals surface area contributed by atoms with Crippen molar-refractivity contribution in [3.8, 4) is 0 Å². The summed E-state index contributed by atoms with van der Waals surface area (Å²) in [6.45, 7) is 0.296. The van der Waals surface area contributed by atoms with E-state index < -0.39 is 21.8 Å². The highest BCUT2D eigenvalue weighted by molar-refractivity contribution is 7.90. The number of sulfonamides is 1. The van der Waals surface area contributed by atoms with Crippen LogP contribution in [0.5, 0.6) is 0 Å². The lowest BCUT2D eigenvalue weighted by Crippen LogP contribution is -2.36. The largest absolute Gasteiger partial charge is 0.416 e. The minimum absolute atomic E-state index is 0.0604. The van der Waals surface area contributed by atoms with Gasteiger partial charge in [-0.25, -0.2) is 5.01 Å². The fourth-order valence-corrected chi connectivity index (χ4v) is 4.79. The van der Waals surface area contributed by atoms with Gasteiger partial charge in [-0.2, -0.15) is 26.7 Å². The van der Waals surface area contributed by atoms with E-state index in [9.17, 15) is 21.6 Å². The van der Waals surface area contributed by atoms with Crippen molar-refractivity contribution >= 4 is 33.3 Å². The van der Waals surface area contributed by atoms with Gasteiger partial charge in [0.2, 0.25) is 5.96 Å². The van der Waals surface area contributed by atoms with Gasteiger partial charge in [0.1, 0.15) is 0 Å². The lowest BCUT2D eigenvalue weighted by Gasteiger charge is -2.18. The van der Waals surface area contributed by atoms with E-state index >= 15 is 0 Å². The summed E-state index contributed by atoms with van der Waals surface area (Å²) < 4.78 is 68.1. The van der Waals surface area contributed by atoms with Crippen LogP contribution in [0.25, 0.3) is 0 Å². The second-order valence-electron chi connectivity index (χ2n) is 7.70. The summed E-state index contributed by atoms with van der Waals surface area (Å²) in [4.78, 5) is -0.362. The van der Waals surface area contributed by atoms with Crippen molar-refractivity contribution < 1.29 is 21.6 Å². The topological polar surface area (TPSA) is 74.1 Å². The molecule has 0 fully saturated rings. The number of halogens is 4. The average Bonchev–Trinajstić information content (AvgIpc) is 3.28. The summed E-state index contributed by atoms with van der Waals surface area (Å²) in [5.41, 5.74) is 1.54.